The van der Waals surface area contributed by atoms with E-state index in [2.05, 4.69) is 25.8 Å². The van der Waals surface area contributed by atoms with Gasteiger partial charge in [0.2, 0.25) is 0 Å². The van der Waals surface area contributed by atoms with Crippen molar-refractivity contribution < 1.29 is 4.79 Å². The highest BCUT2D eigenvalue weighted by atomic mass is 16.2. The molecule has 0 saturated carbocycles. The van der Waals surface area contributed by atoms with Crippen molar-refractivity contribution in [3.63, 3.8) is 0 Å². The summed E-state index contributed by atoms with van der Waals surface area (Å²) in [6, 6.07) is 0. The second kappa shape index (κ2) is 8.04. The van der Waals surface area contributed by atoms with Crippen molar-refractivity contribution in [3.05, 3.63) is 11.1 Å². The lowest BCUT2D eigenvalue weighted by molar-refractivity contribution is -0.122. The van der Waals surface area contributed by atoms with E-state index in [0.717, 1.165) is 24.8 Å². The van der Waals surface area contributed by atoms with Gasteiger partial charge in [-0.15, -0.1) is 0 Å². The van der Waals surface area contributed by atoms with Crippen LogP contribution in [0.5, 0.6) is 0 Å². The van der Waals surface area contributed by atoms with Crippen LogP contribution >= 0.6 is 0 Å². The summed E-state index contributed by atoms with van der Waals surface area (Å²) >= 11 is 0. The van der Waals surface area contributed by atoms with Crippen LogP contribution in [0, 0.1) is 0 Å². The molecule has 1 amide bonds. The summed E-state index contributed by atoms with van der Waals surface area (Å²) in [7, 11) is 3.52. The molecule has 3 heteroatoms. The maximum Gasteiger partial charge on any atom is 0.271 e. The average Bonchev–Trinajstić information content (AvgIpc) is 2.36. The van der Waals surface area contributed by atoms with Crippen molar-refractivity contribution in [3.8, 4) is 0 Å². The minimum atomic E-state index is 0.0336. The molecule has 0 aliphatic heterocycles. The minimum absolute atomic E-state index is 0.0336. The second-order valence-corrected chi connectivity index (χ2v) is 4.25. The summed E-state index contributed by atoms with van der Waals surface area (Å²) in [5, 5.41) is 0. The predicted octanol–water partition coefficient (Wildman–Crippen LogP) is 3.06. The highest BCUT2D eigenvalue weighted by Crippen LogP contribution is 2.17. The second-order valence-electron chi connectivity index (χ2n) is 4.25. The summed E-state index contributed by atoms with van der Waals surface area (Å²) in [4.78, 5) is 18.1. The molecule has 98 valence electrons. The quantitative estimate of drug-likeness (QED) is 0.655. The van der Waals surface area contributed by atoms with Crippen LogP contribution in [-0.2, 0) is 4.79 Å². The Morgan fingerprint density at radius 3 is 2.18 bits per heavy atom. The SMILES string of the molecule is CCC/C(C(=NC)C(=O)N(C)CC)=C(\C)CC. The fourth-order valence-electron chi connectivity index (χ4n) is 1.68. The molecule has 0 saturated heterocycles. The molecular weight excluding hydrogens is 212 g/mol. The van der Waals surface area contributed by atoms with Gasteiger partial charge >= 0.3 is 0 Å². The van der Waals surface area contributed by atoms with Crippen LogP contribution in [0.25, 0.3) is 0 Å². The highest BCUT2D eigenvalue weighted by molar-refractivity contribution is 6.45. The number of nitrogens with zero attached hydrogens (tertiary/aromatic N) is 2. The molecule has 0 spiro atoms. The molecule has 0 atom stereocenters. The van der Waals surface area contributed by atoms with Crippen LogP contribution in [0.4, 0.5) is 0 Å². The Labute approximate surface area is 106 Å². The van der Waals surface area contributed by atoms with Gasteiger partial charge in [-0.3, -0.25) is 9.79 Å². The average molecular weight is 238 g/mol. The zero-order valence-corrected chi connectivity index (χ0v) is 12.1. The molecule has 0 aromatic carbocycles. The molecule has 0 unspecified atom stereocenters. The molecule has 0 aromatic heterocycles. The Kier molecular flexibility index (Phi) is 7.51. The summed E-state index contributed by atoms with van der Waals surface area (Å²) < 4.78 is 0. The molecule has 0 aliphatic carbocycles. The Morgan fingerprint density at radius 2 is 1.82 bits per heavy atom. The van der Waals surface area contributed by atoms with Crippen LogP contribution in [0.1, 0.15) is 47.0 Å². The lowest BCUT2D eigenvalue weighted by atomic mass is 9.97. The number of aliphatic imine (C=N–C) groups is 1. The molecule has 0 bridgehead atoms. The van der Waals surface area contributed by atoms with E-state index in [0.29, 0.717) is 12.3 Å². The van der Waals surface area contributed by atoms with Crippen LogP contribution < -0.4 is 0 Å². The van der Waals surface area contributed by atoms with Gasteiger partial charge in [-0.25, -0.2) is 0 Å². The van der Waals surface area contributed by atoms with Gasteiger partial charge in [0.15, 0.2) is 0 Å². The van der Waals surface area contributed by atoms with Gasteiger partial charge < -0.3 is 4.90 Å². The first-order valence-electron chi connectivity index (χ1n) is 6.44. The van der Waals surface area contributed by atoms with Gasteiger partial charge in [0.1, 0.15) is 5.71 Å². The minimum Gasteiger partial charge on any atom is -0.341 e. The molecule has 0 rings (SSSR count). The largest absolute Gasteiger partial charge is 0.341 e. The van der Waals surface area contributed by atoms with Crippen molar-refractivity contribution in [2.24, 2.45) is 4.99 Å². The van der Waals surface area contributed by atoms with Crippen LogP contribution in [0.2, 0.25) is 0 Å². The Balaban J connectivity index is 5.28. The van der Waals surface area contributed by atoms with Crippen LogP contribution in [0.15, 0.2) is 16.1 Å². The van der Waals surface area contributed by atoms with Gasteiger partial charge in [0, 0.05) is 20.6 Å². The summed E-state index contributed by atoms with van der Waals surface area (Å²) in [6.45, 7) is 9.02. The summed E-state index contributed by atoms with van der Waals surface area (Å²) in [6.07, 6.45) is 2.93. The number of rotatable bonds is 6. The predicted molar refractivity (Wildman–Crippen MR) is 74.6 cm³/mol. The first kappa shape index (κ1) is 15.9. The number of hydrogen-bond acceptors (Lipinski definition) is 2. The third-order valence-corrected chi connectivity index (χ3v) is 3.08. The molecule has 0 heterocycles. The van der Waals surface area contributed by atoms with E-state index in [9.17, 15) is 4.79 Å². The van der Waals surface area contributed by atoms with E-state index < -0.39 is 0 Å². The maximum atomic E-state index is 12.2. The monoisotopic (exact) mass is 238 g/mol. The third kappa shape index (κ3) is 4.33. The molecule has 17 heavy (non-hydrogen) atoms. The fourth-order valence-corrected chi connectivity index (χ4v) is 1.68. The van der Waals surface area contributed by atoms with Crippen LogP contribution in [0.3, 0.4) is 0 Å². The molecule has 0 aliphatic rings. The summed E-state index contributed by atoms with van der Waals surface area (Å²) in [5.41, 5.74) is 3.03. The molecule has 0 radical (unpaired) electrons. The maximum absolute atomic E-state index is 12.2. The molecule has 3 nitrogen and oxygen atoms in total. The van der Waals surface area contributed by atoms with Gasteiger partial charge in [-0.2, -0.15) is 0 Å². The molecule has 0 N–H and O–H groups in total. The van der Waals surface area contributed by atoms with E-state index in [4.69, 9.17) is 0 Å². The van der Waals surface area contributed by atoms with Gasteiger partial charge in [0.25, 0.3) is 5.91 Å². The van der Waals surface area contributed by atoms with E-state index in [1.807, 2.05) is 14.0 Å². The number of carbonyl (C=O) groups is 1. The third-order valence-electron chi connectivity index (χ3n) is 3.08. The highest BCUT2D eigenvalue weighted by Gasteiger charge is 2.19. The normalized spacial score (nSPS) is 13.4. The Hall–Kier alpha value is -1.12. The van der Waals surface area contributed by atoms with Gasteiger partial charge in [-0.05, 0) is 32.3 Å². The fraction of sp³-hybridized carbons (Fsp3) is 0.714. The number of hydrogen-bond donors (Lipinski definition) is 0. The van der Waals surface area contributed by atoms with E-state index in [1.165, 1.54) is 5.57 Å². The lowest BCUT2D eigenvalue weighted by Gasteiger charge is -2.19. The first-order chi connectivity index (χ1) is 8.03. The Morgan fingerprint density at radius 1 is 1.24 bits per heavy atom. The van der Waals surface area contributed by atoms with E-state index >= 15 is 0 Å². The molecule has 0 aromatic rings. The molecule has 0 fully saturated rings. The van der Waals surface area contributed by atoms with E-state index in [1.54, 1.807) is 11.9 Å². The van der Waals surface area contributed by atoms with E-state index in [-0.39, 0.29) is 5.91 Å². The number of amides is 1. The topological polar surface area (TPSA) is 32.7 Å². The van der Waals surface area contributed by atoms with Crippen molar-refractivity contribution in [1.29, 1.82) is 0 Å². The standard InChI is InChI=1S/C14H26N2O/c1-7-10-12(11(4)8-2)13(15-5)14(17)16(6)9-3/h7-10H2,1-6H3/b12-11-,15-13?. The first-order valence-corrected chi connectivity index (χ1v) is 6.44. The number of carbonyl (C=O) groups excluding carboxylic acids is 1. The van der Waals surface area contributed by atoms with Crippen LogP contribution in [-0.4, -0.2) is 37.2 Å². The van der Waals surface area contributed by atoms with Gasteiger partial charge in [-0.1, -0.05) is 25.8 Å². The van der Waals surface area contributed by atoms with Gasteiger partial charge in [0.05, 0.1) is 0 Å². The van der Waals surface area contributed by atoms with Crippen molar-refractivity contribution in [2.75, 3.05) is 20.6 Å². The number of allylic oxidation sites excluding steroid dienone is 1. The smallest absolute Gasteiger partial charge is 0.271 e. The van der Waals surface area contributed by atoms with Crippen molar-refractivity contribution in [2.45, 2.75) is 47.0 Å². The van der Waals surface area contributed by atoms with Crippen molar-refractivity contribution >= 4 is 11.6 Å². The van der Waals surface area contributed by atoms with Crippen molar-refractivity contribution in [1.82, 2.24) is 4.90 Å². The summed E-state index contributed by atoms with van der Waals surface area (Å²) in [5.74, 6) is 0.0336. The Bertz CT molecular complexity index is 316. The zero-order chi connectivity index (χ0) is 13.4. The zero-order valence-electron chi connectivity index (χ0n) is 12.1. The molecular formula is C14H26N2O. The lowest BCUT2D eigenvalue weighted by Crippen LogP contribution is -2.34.